The molecule has 2 rings (SSSR count). The summed E-state index contributed by atoms with van der Waals surface area (Å²) in [5, 5.41) is 0. The van der Waals surface area contributed by atoms with Crippen molar-refractivity contribution in [2.75, 3.05) is 0 Å². The van der Waals surface area contributed by atoms with Crippen LogP contribution in [-0.4, -0.2) is 6.04 Å². The third-order valence-electron chi connectivity index (χ3n) is 3.95. The van der Waals surface area contributed by atoms with E-state index in [4.69, 9.17) is 5.73 Å². The molecule has 1 saturated carbocycles. The van der Waals surface area contributed by atoms with Crippen molar-refractivity contribution in [3.63, 3.8) is 0 Å². The summed E-state index contributed by atoms with van der Waals surface area (Å²) in [7, 11) is 0. The van der Waals surface area contributed by atoms with Gasteiger partial charge in [0, 0.05) is 12.0 Å². The Labute approximate surface area is 101 Å². The van der Waals surface area contributed by atoms with Gasteiger partial charge >= 0.3 is 0 Å². The molecule has 3 atom stereocenters. The Morgan fingerprint density at radius 1 is 1.29 bits per heavy atom. The lowest BCUT2D eigenvalue weighted by Crippen LogP contribution is -2.35. The Hall–Kier alpha value is -0.960. The molecule has 0 radical (unpaired) electrons. The zero-order valence-corrected chi connectivity index (χ0v) is 10.1. The van der Waals surface area contributed by atoms with Crippen molar-refractivity contribution in [2.45, 2.75) is 44.6 Å². The number of hydrogen-bond donors (Lipinski definition) is 1. The van der Waals surface area contributed by atoms with E-state index >= 15 is 0 Å². The molecule has 0 amide bonds. The highest BCUT2D eigenvalue weighted by atomic mass is 19.1. The summed E-state index contributed by atoms with van der Waals surface area (Å²) in [5.74, 6) is -0.164. The first-order valence-electron chi connectivity index (χ1n) is 6.32. The van der Waals surface area contributed by atoms with Gasteiger partial charge < -0.3 is 5.73 Å². The van der Waals surface area contributed by atoms with Crippen LogP contribution >= 0.6 is 0 Å². The lowest BCUT2D eigenvalue weighted by atomic mass is 9.74. The maximum atomic E-state index is 13.7. The molecule has 3 heteroatoms. The minimum Gasteiger partial charge on any atom is -0.327 e. The molecule has 0 bridgehead atoms. The molecule has 2 N–H and O–H groups in total. The van der Waals surface area contributed by atoms with Gasteiger partial charge in [-0.05, 0) is 48.9 Å². The van der Waals surface area contributed by atoms with Gasteiger partial charge in [-0.2, -0.15) is 0 Å². The van der Waals surface area contributed by atoms with Gasteiger partial charge in [0.2, 0.25) is 0 Å². The minimum atomic E-state index is -0.382. The van der Waals surface area contributed by atoms with Crippen LogP contribution in [0.4, 0.5) is 8.78 Å². The summed E-state index contributed by atoms with van der Waals surface area (Å²) in [5.41, 5.74) is 6.51. The maximum Gasteiger partial charge on any atom is 0.126 e. The average Bonchev–Trinajstić information content (AvgIpc) is 2.33. The minimum absolute atomic E-state index is 0.0376. The zero-order valence-electron chi connectivity index (χ0n) is 10.1. The van der Waals surface area contributed by atoms with Crippen LogP contribution in [0.3, 0.4) is 0 Å². The lowest BCUT2D eigenvalue weighted by molar-refractivity contribution is 0.278. The summed E-state index contributed by atoms with van der Waals surface area (Å²) < 4.78 is 26.9. The van der Waals surface area contributed by atoms with Crippen LogP contribution in [0.2, 0.25) is 0 Å². The quantitative estimate of drug-likeness (QED) is 0.838. The summed E-state index contributed by atoms with van der Waals surface area (Å²) >= 11 is 0. The van der Waals surface area contributed by atoms with Crippen molar-refractivity contribution >= 4 is 0 Å². The lowest BCUT2D eigenvalue weighted by Gasteiger charge is -2.34. The molecule has 94 valence electrons. The molecule has 3 unspecified atom stereocenters. The zero-order chi connectivity index (χ0) is 12.4. The van der Waals surface area contributed by atoms with Crippen molar-refractivity contribution in [2.24, 2.45) is 11.7 Å². The SMILES string of the molecule is CCC1CCC(N)C(c2cc(F)ccc2F)C1. The van der Waals surface area contributed by atoms with Crippen molar-refractivity contribution in [3.8, 4) is 0 Å². The van der Waals surface area contributed by atoms with Gasteiger partial charge in [-0.25, -0.2) is 8.78 Å². The van der Waals surface area contributed by atoms with E-state index in [-0.39, 0.29) is 23.6 Å². The highest BCUT2D eigenvalue weighted by Gasteiger charge is 2.30. The van der Waals surface area contributed by atoms with Crippen LogP contribution in [0, 0.1) is 17.6 Å². The van der Waals surface area contributed by atoms with E-state index in [2.05, 4.69) is 6.92 Å². The molecule has 17 heavy (non-hydrogen) atoms. The van der Waals surface area contributed by atoms with E-state index in [0.29, 0.717) is 11.5 Å². The second-order valence-corrected chi connectivity index (χ2v) is 5.02. The molecule has 1 nitrogen and oxygen atoms in total. The highest BCUT2D eigenvalue weighted by molar-refractivity contribution is 5.25. The fraction of sp³-hybridized carbons (Fsp3) is 0.571. The third-order valence-corrected chi connectivity index (χ3v) is 3.95. The van der Waals surface area contributed by atoms with Crippen LogP contribution < -0.4 is 5.73 Å². The Morgan fingerprint density at radius 2 is 2.06 bits per heavy atom. The van der Waals surface area contributed by atoms with Crippen molar-refractivity contribution in [1.29, 1.82) is 0 Å². The van der Waals surface area contributed by atoms with Crippen LogP contribution in [0.5, 0.6) is 0 Å². The molecular formula is C14H19F2N. The van der Waals surface area contributed by atoms with Gasteiger partial charge in [-0.1, -0.05) is 13.3 Å². The first kappa shape index (κ1) is 12.5. The molecule has 1 aromatic rings. The molecule has 0 aliphatic heterocycles. The van der Waals surface area contributed by atoms with E-state index in [0.717, 1.165) is 31.7 Å². The number of hydrogen-bond acceptors (Lipinski definition) is 1. The smallest absolute Gasteiger partial charge is 0.126 e. The second kappa shape index (κ2) is 5.13. The van der Waals surface area contributed by atoms with E-state index < -0.39 is 0 Å². The normalized spacial score (nSPS) is 29.3. The number of benzene rings is 1. The summed E-state index contributed by atoms with van der Waals surface area (Å²) in [6.07, 6.45) is 3.96. The standard InChI is InChI=1S/C14H19F2N/c1-2-9-3-6-14(17)12(7-9)11-8-10(15)4-5-13(11)16/h4-5,8-9,12,14H,2-3,6-7,17H2,1H3. The summed E-state index contributed by atoms with van der Waals surface area (Å²) in [6.45, 7) is 2.14. The summed E-state index contributed by atoms with van der Waals surface area (Å²) in [4.78, 5) is 0. The topological polar surface area (TPSA) is 26.0 Å². The van der Waals surface area contributed by atoms with Gasteiger partial charge in [0.05, 0.1) is 0 Å². The first-order valence-corrected chi connectivity index (χ1v) is 6.32. The third kappa shape index (κ3) is 2.65. The molecule has 1 aliphatic carbocycles. The Bertz CT molecular complexity index is 392. The molecule has 0 spiro atoms. The van der Waals surface area contributed by atoms with Gasteiger partial charge in [0.1, 0.15) is 11.6 Å². The van der Waals surface area contributed by atoms with Crippen molar-refractivity contribution in [3.05, 3.63) is 35.4 Å². The highest BCUT2D eigenvalue weighted by Crippen LogP contribution is 2.37. The van der Waals surface area contributed by atoms with Crippen LogP contribution in [0.1, 0.15) is 44.1 Å². The van der Waals surface area contributed by atoms with E-state index in [1.807, 2.05) is 0 Å². The van der Waals surface area contributed by atoms with Crippen LogP contribution in [0.15, 0.2) is 18.2 Å². The first-order chi connectivity index (χ1) is 8.11. The Morgan fingerprint density at radius 3 is 2.76 bits per heavy atom. The summed E-state index contributed by atoms with van der Waals surface area (Å²) in [6, 6.07) is 3.61. The number of rotatable bonds is 2. The average molecular weight is 239 g/mol. The molecular weight excluding hydrogens is 220 g/mol. The molecule has 1 aliphatic rings. The predicted molar refractivity (Wildman–Crippen MR) is 64.7 cm³/mol. The Balaban J connectivity index is 2.27. The molecule has 1 fully saturated rings. The predicted octanol–water partition coefficient (Wildman–Crippen LogP) is 3.59. The number of halogens is 2. The fourth-order valence-electron chi connectivity index (χ4n) is 2.81. The number of nitrogens with two attached hydrogens (primary N) is 1. The largest absolute Gasteiger partial charge is 0.327 e. The molecule has 0 saturated heterocycles. The molecule has 0 aromatic heterocycles. The van der Waals surface area contributed by atoms with Crippen molar-refractivity contribution < 1.29 is 8.78 Å². The van der Waals surface area contributed by atoms with Gasteiger partial charge in [0.15, 0.2) is 0 Å². The Kier molecular flexibility index (Phi) is 3.77. The van der Waals surface area contributed by atoms with Gasteiger partial charge in [0.25, 0.3) is 0 Å². The molecule has 0 heterocycles. The second-order valence-electron chi connectivity index (χ2n) is 5.02. The van der Waals surface area contributed by atoms with E-state index in [9.17, 15) is 8.78 Å². The maximum absolute atomic E-state index is 13.7. The van der Waals surface area contributed by atoms with E-state index in [1.54, 1.807) is 0 Å². The fourth-order valence-corrected chi connectivity index (χ4v) is 2.81. The van der Waals surface area contributed by atoms with Gasteiger partial charge in [-0.15, -0.1) is 0 Å². The van der Waals surface area contributed by atoms with E-state index in [1.165, 1.54) is 12.1 Å². The monoisotopic (exact) mass is 239 g/mol. The van der Waals surface area contributed by atoms with Crippen molar-refractivity contribution in [1.82, 2.24) is 0 Å². The van der Waals surface area contributed by atoms with Gasteiger partial charge in [-0.3, -0.25) is 0 Å². The molecule has 1 aromatic carbocycles. The van der Waals surface area contributed by atoms with Crippen LogP contribution in [0.25, 0.3) is 0 Å². The van der Waals surface area contributed by atoms with Crippen LogP contribution in [-0.2, 0) is 0 Å².